The monoisotopic (exact) mass is 928 g/mol. The first-order valence-corrected chi connectivity index (χ1v) is 24.4. The average Bonchev–Trinajstić information content (AvgIpc) is 2.97. The molecule has 0 rings (SSSR count). The number of nitrogens with one attached hydrogen (secondary N) is 3. The van der Waals surface area contributed by atoms with Gasteiger partial charge in [0.2, 0.25) is 23.3 Å². The molecule has 0 aliphatic heterocycles. The van der Waals surface area contributed by atoms with Gasteiger partial charge in [0, 0.05) is 82.3 Å². The molecule has 0 spiro atoms. The van der Waals surface area contributed by atoms with Gasteiger partial charge in [-0.1, -0.05) is 0 Å². The van der Waals surface area contributed by atoms with Crippen molar-refractivity contribution in [3.8, 4) is 0 Å². The molecule has 0 aromatic rings. The van der Waals surface area contributed by atoms with E-state index < -0.39 is 166 Å². The second kappa shape index (κ2) is 19.1. The summed E-state index contributed by atoms with van der Waals surface area (Å²) < 4.78 is 69.0. The van der Waals surface area contributed by atoms with E-state index in [1.54, 1.807) is 0 Å². The Bertz CT molecular complexity index is 1450. The first-order chi connectivity index (χ1) is 24.2. The Morgan fingerprint density at radius 2 is 0.618 bits per heavy atom. The first kappa shape index (κ1) is 53.6. The van der Waals surface area contributed by atoms with Gasteiger partial charge in [0.1, 0.15) is 0 Å². The molecule has 18 N–H and O–H groups in total. The number of hydrogen-bond acceptors (Lipinski definition) is 14. The molecule has 0 aromatic carbocycles. The van der Waals surface area contributed by atoms with E-state index >= 15 is 0 Å². The van der Waals surface area contributed by atoms with Gasteiger partial charge in [-0.3, -0.25) is 51.9 Å². The number of nitro groups is 1. The summed E-state index contributed by atoms with van der Waals surface area (Å²) in [5, 5.41) is 35.9. The Morgan fingerprint density at radius 1 is 0.436 bits per heavy atom. The van der Waals surface area contributed by atoms with E-state index in [1.165, 1.54) is 0 Å². The molecule has 0 heterocycles. The minimum atomic E-state index is -5.94. The highest BCUT2D eigenvalue weighted by Crippen LogP contribution is 2.70. The van der Waals surface area contributed by atoms with E-state index in [-0.39, 0.29) is 0 Å². The van der Waals surface area contributed by atoms with Crippen LogP contribution >= 0.6 is 45.6 Å². The number of carbonyl (C=O) groups excluding carboxylic acids is 3. The number of amides is 3. The second-order valence-electron chi connectivity index (χ2n) is 11.9. The third-order valence-electron chi connectivity index (χ3n) is 7.99. The average molecular weight is 928 g/mol. The summed E-state index contributed by atoms with van der Waals surface area (Å²) in [5.41, 5.74) is -2.50. The lowest BCUT2D eigenvalue weighted by atomic mass is 9.84. The molecule has 0 saturated carbocycles. The van der Waals surface area contributed by atoms with Gasteiger partial charge in [-0.2, -0.15) is 0 Å². The van der Waals surface area contributed by atoms with Gasteiger partial charge in [-0.15, -0.1) is 0 Å². The summed E-state index contributed by atoms with van der Waals surface area (Å²) >= 11 is 0. The number of nitrogens with zero attached hydrogens (tertiary/aromatic N) is 1. The molecule has 0 saturated heterocycles. The highest BCUT2D eigenvalue weighted by atomic mass is 31.3. The van der Waals surface area contributed by atoms with E-state index in [1.807, 2.05) is 16.0 Å². The molecule has 0 aromatic heterocycles. The summed E-state index contributed by atoms with van der Waals surface area (Å²) in [4.78, 5) is 159. The van der Waals surface area contributed by atoms with Crippen molar-refractivity contribution in [2.24, 2.45) is 0 Å². The van der Waals surface area contributed by atoms with Gasteiger partial charge in [-0.25, -0.2) is 0 Å². The van der Waals surface area contributed by atoms with Crippen LogP contribution in [0.4, 0.5) is 0 Å². The minimum absolute atomic E-state index is 0.917. The fourth-order valence-corrected chi connectivity index (χ4v) is 10.9. The second-order valence-corrected chi connectivity index (χ2v) is 23.9. The lowest BCUT2D eigenvalue weighted by Gasteiger charge is -2.29. The minimum Gasteiger partial charge on any atom is -0.367 e. The normalized spacial score (nSPS) is 14.3. The van der Waals surface area contributed by atoms with Crippen molar-refractivity contribution in [3.63, 3.8) is 0 Å². The van der Waals surface area contributed by atoms with Crippen molar-refractivity contribution in [1.82, 2.24) is 16.0 Å². The predicted octanol–water partition coefficient (Wildman–Crippen LogP) is -4.13. The summed E-state index contributed by atoms with van der Waals surface area (Å²) in [6, 6.07) is 0. The Labute approximate surface area is 308 Å². The Kier molecular flexibility index (Phi) is 18.6. The lowest BCUT2D eigenvalue weighted by Crippen LogP contribution is -2.43. The zero-order valence-electron chi connectivity index (χ0n) is 27.8. The first-order valence-electron chi connectivity index (χ1n) is 14.7. The van der Waals surface area contributed by atoms with Crippen molar-refractivity contribution < 1.29 is 121 Å². The Hall–Kier alpha value is -1.41. The molecule has 0 radical (unpaired) electrons. The fraction of sp³-hybridized carbons (Fsp3) is 0.842. The maximum Gasteiger partial charge on any atom is 0.369 e. The molecule has 0 fully saturated rings. The van der Waals surface area contributed by atoms with Gasteiger partial charge in [0.15, 0.2) is 0 Å². The van der Waals surface area contributed by atoms with Gasteiger partial charge < -0.3 is 90.0 Å². The third kappa shape index (κ3) is 14.1. The van der Waals surface area contributed by atoms with Gasteiger partial charge in [0.05, 0.1) is 0 Å². The molecular formula is C19H42N4O26P6. The van der Waals surface area contributed by atoms with Crippen molar-refractivity contribution in [1.29, 1.82) is 0 Å². The molecule has 0 aliphatic carbocycles. The largest absolute Gasteiger partial charge is 0.369 e. The van der Waals surface area contributed by atoms with E-state index in [4.69, 9.17) is 0 Å². The van der Waals surface area contributed by atoms with Gasteiger partial charge in [0.25, 0.3) is 15.2 Å². The van der Waals surface area contributed by atoms with Crippen molar-refractivity contribution in [2.45, 2.75) is 78.6 Å². The number of hydrogen-bond donors (Lipinski definition) is 18. The standard InChI is InChI=1S/C19H42N4O26P6/c24-13(20-10-7-17(27,50(32,33)34)51(35,36)37)1-4-16(23(30)31,5-2-14(25)21-11-8-18(28,52(38,39)40)53(41,42)43)6-3-15(26)22-12-9-19(29,54(44,45)46)55(47,48)49/h27-29H,1-12H2,(H,20,24)(H,21,25)(H,22,26)(H2,32,33,34)(H2,35,36,37)(H2,38,39,40)(H2,41,42,43)(H2,44,45,46)(H2,47,48,49). The number of aliphatic hydroxyl groups is 3. The van der Waals surface area contributed by atoms with Crippen LogP contribution in [0.1, 0.15) is 57.8 Å². The fourth-order valence-electron chi connectivity index (χ4n) is 4.44. The maximum absolute atomic E-state index is 12.5. The van der Waals surface area contributed by atoms with E-state index in [2.05, 4.69) is 0 Å². The van der Waals surface area contributed by atoms with Crippen LogP contribution in [0.2, 0.25) is 0 Å². The van der Waals surface area contributed by atoms with E-state index in [9.17, 15) is 126 Å². The Balaban J connectivity index is 6.09. The SMILES string of the molecule is O=C(CCC(CCC(=O)NCCC(O)(P(=O)(O)O)P(=O)(O)O)(CCC(=O)NCCC(O)(P(=O)(O)O)P(=O)(O)O)[N+](=O)[O-])NCCC(O)(P(=O)(O)O)P(=O)(O)O. The lowest BCUT2D eigenvalue weighted by molar-refractivity contribution is -0.573. The zero-order chi connectivity index (χ0) is 43.9. The summed E-state index contributed by atoms with van der Waals surface area (Å²) in [6.07, 6.45) is -9.89. The van der Waals surface area contributed by atoms with Crippen molar-refractivity contribution >= 4 is 63.3 Å². The van der Waals surface area contributed by atoms with Crippen molar-refractivity contribution in [2.75, 3.05) is 19.6 Å². The van der Waals surface area contributed by atoms with Crippen LogP contribution in [0, 0.1) is 10.1 Å². The van der Waals surface area contributed by atoms with Crippen LogP contribution in [0.3, 0.4) is 0 Å². The summed E-state index contributed by atoms with van der Waals surface area (Å²) in [6.45, 7) is -3.10. The topological polar surface area (TPSA) is 536 Å². The molecule has 55 heavy (non-hydrogen) atoms. The molecule has 0 unspecified atom stereocenters. The quantitative estimate of drug-likeness (QED) is 0.0235. The molecule has 30 nitrogen and oxygen atoms in total. The number of rotatable bonds is 25. The van der Waals surface area contributed by atoms with Gasteiger partial charge in [-0.05, 0) is 0 Å². The van der Waals surface area contributed by atoms with Gasteiger partial charge >= 0.3 is 45.6 Å². The van der Waals surface area contributed by atoms with Crippen LogP contribution in [-0.4, -0.2) is 137 Å². The summed E-state index contributed by atoms with van der Waals surface area (Å²) in [5.74, 6) is -3.66. The van der Waals surface area contributed by atoms with Crippen LogP contribution in [0.15, 0.2) is 0 Å². The molecule has 0 aliphatic rings. The highest BCUT2D eigenvalue weighted by Gasteiger charge is 2.60. The number of carbonyl (C=O) groups is 3. The van der Waals surface area contributed by atoms with Crippen LogP contribution < -0.4 is 16.0 Å². The molecule has 36 heteroatoms. The molecule has 3 amide bonds. The van der Waals surface area contributed by atoms with Crippen LogP contribution in [0.5, 0.6) is 0 Å². The summed E-state index contributed by atoms with van der Waals surface area (Å²) in [7, 11) is -35.6. The Morgan fingerprint density at radius 3 is 0.764 bits per heavy atom. The molecular weight excluding hydrogens is 886 g/mol. The smallest absolute Gasteiger partial charge is 0.367 e. The molecule has 0 atom stereocenters. The van der Waals surface area contributed by atoms with Crippen LogP contribution in [-0.2, 0) is 41.8 Å². The molecule has 0 bridgehead atoms. The maximum atomic E-state index is 12.5. The van der Waals surface area contributed by atoms with Crippen LogP contribution in [0.25, 0.3) is 0 Å². The van der Waals surface area contributed by atoms with E-state index in [0.717, 1.165) is 0 Å². The third-order valence-corrected chi connectivity index (χ3v) is 19.6. The van der Waals surface area contributed by atoms with E-state index in [0.29, 0.717) is 0 Å². The molecule has 324 valence electrons. The predicted molar refractivity (Wildman–Crippen MR) is 177 cm³/mol. The zero-order valence-corrected chi connectivity index (χ0v) is 33.2. The van der Waals surface area contributed by atoms with Crippen molar-refractivity contribution in [3.05, 3.63) is 10.1 Å². The highest BCUT2D eigenvalue weighted by molar-refractivity contribution is 7.73.